The van der Waals surface area contributed by atoms with Gasteiger partial charge >= 0.3 is 0 Å². The van der Waals surface area contributed by atoms with Gasteiger partial charge in [0.15, 0.2) is 0 Å². The maximum atomic E-state index is 13.0. The molecule has 3 nitrogen and oxygen atoms in total. The minimum absolute atomic E-state index is 0.171. The van der Waals surface area contributed by atoms with E-state index in [1.165, 1.54) is 5.56 Å². The normalized spacial score (nSPS) is 21.5. The molecule has 0 bridgehead atoms. The van der Waals surface area contributed by atoms with E-state index in [4.69, 9.17) is 0 Å². The molecule has 0 aliphatic heterocycles. The smallest absolute Gasteiger partial charge is 0.223 e. The first-order valence-electron chi connectivity index (χ1n) is 7.44. The van der Waals surface area contributed by atoms with Gasteiger partial charge < -0.3 is 5.32 Å². The molecule has 0 radical (unpaired) electrons. The summed E-state index contributed by atoms with van der Waals surface area (Å²) in [5.74, 6) is 1.03. The van der Waals surface area contributed by atoms with Crippen molar-refractivity contribution in [3.63, 3.8) is 0 Å². The van der Waals surface area contributed by atoms with E-state index in [-0.39, 0.29) is 5.82 Å². The van der Waals surface area contributed by atoms with E-state index in [0.717, 1.165) is 30.5 Å². The molecule has 2 unspecified atom stereocenters. The van der Waals surface area contributed by atoms with Crippen LogP contribution in [0.3, 0.4) is 0 Å². The molecule has 1 saturated carbocycles. The second-order valence-corrected chi connectivity index (χ2v) is 5.86. The van der Waals surface area contributed by atoms with Crippen LogP contribution in [0.15, 0.2) is 30.5 Å². The molecule has 21 heavy (non-hydrogen) atoms. The Morgan fingerprint density at radius 2 is 1.90 bits per heavy atom. The molecule has 0 saturated heterocycles. The Morgan fingerprint density at radius 3 is 2.62 bits per heavy atom. The van der Waals surface area contributed by atoms with E-state index in [0.29, 0.717) is 17.9 Å². The molecule has 2 atom stereocenters. The lowest BCUT2D eigenvalue weighted by molar-refractivity contribution is 0.624. The van der Waals surface area contributed by atoms with Crippen LogP contribution in [0.2, 0.25) is 0 Å². The summed E-state index contributed by atoms with van der Waals surface area (Å²) in [6, 6.07) is 7.27. The molecular weight excluding hydrogens is 265 g/mol. The lowest BCUT2D eigenvalue weighted by Gasteiger charge is -2.14. The lowest BCUT2D eigenvalue weighted by Crippen LogP contribution is -2.17. The average molecular weight is 285 g/mol. The fraction of sp³-hybridized carbons (Fsp3) is 0.412. The molecule has 110 valence electrons. The van der Waals surface area contributed by atoms with Gasteiger partial charge in [0.1, 0.15) is 5.82 Å². The van der Waals surface area contributed by atoms with Crippen molar-refractivity contribution in [1.29, 1.82) is 0 Å². The largest absolute Gasteiger partial charge is 0.351 e. The second kappa shape index (κ2) is 5.80. The zero-order valence-corrected chi connectivity index (χ0v) is 12.4. The summed E-state index contributed by atoms with van der Waals surface area (Å²) in [7, 11) is 0. The van der Waals surface area contributed by atoms with Crippen LogP contribution >= 0.6 is 0 Å². The van der Waals surface area contributed by atoms with Crippen LogP contribution in [0.1, 0.15) is 42.0 Å². The topological polar surface area (TPSA) is 37.8 Å². The Balaban J connectivity index is 1.64. The molecule has 1 aromatic heterocycles. The van der Waals surface area contributed by atoms with Crippen molar-refractivity contribution in [3.05, 3.63) is 53.1 Å². The molecule has 1 heterocycles. The van der Waals surface area contributed by atoms with Crippen LogP contribution in [0.5, 0.6) is 0 Å². The van der Waals surface area contributed by atoms with Gasteiger partial charge in [-0.15, -0.1) is 0 Å². The van der Waals surface area contributed by atoms with Crippen molar-refractivity contribution in [3.8, 4) is 0 Å². The van der Waals surface area contributed by atoms with Crippen molar-refractivity contribution in [2.45, 2.75) is 45.1 Å². The number of halogens is 1. The Labute approximate surface area is 124 Å². The molecule has 1 aliphatic rings. The third kappa shape index (κ3) is 3.20. The number of rotatable bonds is 3. The highest BCUT2D eigenvalue weighted by Crippen LogP contribution is 2.35. The fourth-order valence-electron chi connectivity index (χ4n) is 2.93. The van der Waals surface area contributed by atoms with E-state index in [2.05, 4.69) is 15.3 Å². The van der Waals surface area contributed by atoms with Crippen molar-refractivity contribution in [2.75, 3.05) is 5.32 Å². The molecule has 1 aliphatic carbocycles. The number of nitrogens with zero attached hydrogens (tertiary/aromatic N) is 2. The summed E-state index contributed by atoms with van der Waals surface area (Å²) in [4.78, 5) is 8.81. The summed E-state index contributed by atoms with van der Waals surface area (Å²) in [6.45, 7) is 4.01. The van der Waals surface area contributed by atoms with E-state index in [9.17, 15) is 4.39 Å². The second-order valence-electron chi connectivity index (χ2n) is 5.86. The SMILES string of the molecule is Cc1cnc(NC2CCC(c3ccc(F)cc3)C2)nc1C. The third-order valence-electron chi connectivity index (χ3n) is 4.33. The van der Waals surface area contributed by atoms with E-state index >= 15 is 0 Å². The summed E-state index contributed by atoms with van der Waals surface area (Å²) in [5.41, 5.74) is 3.35. The number of hydrogen-bond acceptors (Lipinski definition) is 3. The Kier molecular flexibility index (Phi) is 3.86. The predicted molar refractivity (Wildman–Crippen MR) is 81.9 cm³/mol. The monoisotopic (exact) mass is 285 g/mol. The molecule has 3 rings (SSSR count). The number of anilines is 1. The first-order valence-corrected chi connectivity index (χ1v) is 7.44. The standard InChI is InChI=1S/C17H20FN3/c1-11-10-19-17(20-12(11)2)21-16-8-5-14(9-16)13-3-6-15(18)7-4-13/h3-4,6-7,10,14,16H,5,8-9H2,1-2H3,(H,19,20,21). The highest BCUT2D eigenvalue weighted by molar-refractivity contribution is 5.31. The van der Waals surface area contributed by atoms with Crippen molar-refractivity contribution in [2.24, 2.45) is 0 Å². The Bertz CT molecular complexity index is 624. The zero-order valence-electron chi connectivity index (χ0n) is 12.4. The summed E-state index contributed by atoms with van der Waals surface area (Å²) >= 11 is 0. The van der Waals surface area contributed by atoms with Gasteiger partial charge in [-0.3, -0.25) is 0 Å². The van der Waals surface area contributed by atoms with Crippen LogP contribution in [-0.4, -0.2) is 16.0 Å². The quantitative estimate of drug-likeness (QED) is 0.927. The summed E-state index contributed by atoms with van der Waals surface area (Å²) in [6.07, 6.45) is 5.12. The highest BCUT2D eigenvalue weighted by atomic mass is 19.1. The van der Waals surface area contributed by atoms with Crippen molar-refractivity contribution < 1.29 is 4.39 Å². The molecule has 2 aromatic rings. The highest BCUT2D eigenvalue weighted by Gasteiger charge is 2.26. The minimum Gasteiger partial charge on any atom is -0.351 e. The first kappa shape index (κ1) is 14.0. The van der Waals surface area contributed by atoms with Gasteiger partial charge in [-0.05, 0) is 62.3 Å². The van der Waals surface area contributed by atoms with Crippen LogP contribution in [0, 0.1) is 19.7 Å². The molecular formula is C17H20FN3. The van der Waals surface area contributed by atoms with E-state index < -0.39 is 0 Å². The number of aromatic nitrogens is 2. The van der Waals surface area contributed by atoms with Crippen molar-refractivity contribution >= 4 is 5.95 Å². The van der Waals surface area contributed by atoms with Crippen molar-refractivity contribution in [1.82, 2.24) is 9.97 Å². The summed E-state index contributed by atoms with van der Waals surface area (Å²) < 4.78 is 13.0. The fourth-order valence-corrected chi connectivity index (χ4v) is 2.93. The molecule has 0 amide bonds. The van der Waals surface area contributed by atoms with Gasteiger partial charge in [-0.2, -0.15) is 0 Å². The number of aryl methyl sites for hydroxylation is 2. The number of hydrogen-bond donors (Lipinski definition) is 1. The van der Waals surface area contributed by atoms with Gasteiger partial charge in [0.25, 0.3) is 0 Å². The molecule has 1 aromatic carbocycles. The van der Waals surface area contributed by atoms with Gasteiger partial charge in [-0.25, -0.2) is 14.4 Å². The van der Waals surface area contributed by atoms with Crippen LogP contribution in [0.4, 0.5) is 10.3 Å². The van der Waals surface area contributed by atoms with E-state index in [1.807, 2.05) is 32.2 Å². The predicted octanol–water partition coefficient (Wildman–Crippen LogP) is 3.98. The third-order valence-corrected chi connectivity index (χ3v) is 4.33. The number of benzene rings is 1. The average Bonchev–Trinajstić information content (AvgIpc) is 2.92. The Morgan fingerprint density at radius 1 is 1.14 bits per heavy atom. The number of nitrogens with one attached hydrogen (secondary N) is 1. The zero-order chi connectivity index (χ0) is 14.8. The van der Waals surface area contributed by atoms with Crippen LogP contribution in [-0.2, 0) is 0 Å². The lowest BCUT2D eigenvalue weighted by atomic mass is 9.97. The first-order chi connectivity index (χ1) is 10.1. The summed E-state index contributed by atoms with van der Waals surface area (Å²) in [5, 5.41) is 3.42. The van der Waals surface area contributed by atoms with Crippen LogP contribution < -0.4 is 5.32 Å². The van der Waals surface area contributed by atoms with Crippen LogP contribution in [0.25, 0.3) is 0 Å². The maximum absolute atomic E-state index is 13.0. The van der Waals surface area contributed by atoms with Gasteiger partial charge in [0, 0.05) is 17.9 Å². The maximum Gasteiger partial charge on any atom is 0.223 e. The van der Waals surface area contributed by atoms with Gasteiger partial charge in [0.05, 0.1) is 0 Å². The molecule has 1 fully saturated rings. The molecule has 4 heteroatoms. The minimum atomic E-state index is -0.171. The molecule has 1 N–H and O–H groups in total. The van der Waals surface area contributed by atoms with Gasteiger partial charge in [0.2, 0.25) is 5.95 Å². The van der Waals surface area contributed by atoms with E-state index in [1.54, 1.807) is 12.1 Å². The molecule has 0 spiro atoms. The Hall–Kier alpha value is -1.97. The van der Waals surface area contributed by atoms with Gasteiger partial charge in [-0.1, -0.05) is 12.1 Å².